The average molecular weight is 347 g/mol. The van der Waals surface area contributed by atoms with E-state index in [1.165, 1.54) is 11.8 Å². The molecule has 0 saturated heterocycles. The van der Waals surface area contributed by atoms with Crippen molar-refractivity contribution in [2.24, 2.45) is 7.05 Å². The van der Waals surface area contributed by atoms with E-state index >= 15 is 0 Å². The van der Waals surface area contributed by atoms with Gasteiger partial charge in [-0.05, 0) is 26.3 Å². The summed E-state index contributed by atoms with van der Waals surface area (Å²) in [5, 5.41) is 13.4. The highest BCUT2D eigenvalue weighted by molar-refractivity contribution is 8.00. The normalized spacial score (nSPS) is 11.8. The lowest BCUT2D eigenvalue weighted by Gasteiger charge is -2.11. The molecule has 1 heterocycles. The summed E-state index contributed by atoms with van der Waals surface area (Å²) in [7, 11) is 1.86. The molecule has 0 aliphatic rings. The molecule has 128 valence electrons. The van der Waals surface area contributed by atoms with E-state index < -0.39 is 11.3 Å². The molecule has 2 rings (SSSR count). The molecule has 1 atom stereocenters. The number of aryl methyl sites for hydroxylation is 1. The van der Waals surface area contributed by atoms with Crippen LogP contribution in [-0.4, -0.2) is 38.5 Å². The van der Waals surface area contributed by atoms with Crippen LogP contribution in [0.25, 0.3) is 11.4 Å². The van der Waals surface area contributed by atoms with E-state index in [0.29, 0.717) is 11.7 Å². The van der Waals surface area contributed by atoms with E-state index in [1.54, 1.807) is 13.8 Å². The third-order valence-corrected chi connectivity index (χ3v) is 4.58. The van der Waals surface area contributed by atoms with Gasteiger partial charge in [-0.15, -0.1) is 10.2 Å². The Morgan fingerprint density at radius 3 is 2.67 bits per heavy atom. The number of carbonyl (C=O) groups is 2. The Morgan fingerprint density at radius 1 is 1.29 bits per heavy atom. The van der Waals surface area contributed by atoms with E-state index in [0.717, 1.165) is 17.0 Å². The second-order valence-corrected chi connectivity index (χ2v) is 6.60. The number of rotatable bonds is 5. The lowest BCUT2D eigenvalue weighted by Crippen LogP contribution is -2.42. The predicted octanol–water partition coefficient (Wildman–Crippen LogP) is 2.12. The smallest absolute Gasteiger partial charge is 0.321 e. The number of imide groups is 1. The van der Waals surface area contributed by atoms with Crippen molar-refractivity contribution in [1.29, 1.82) is 0 Å². The fourth-order valence-corrected chi connectivity index (χ4v) is 2.92. The highest BCUT2D eigenvalue weighted by Crippen LogP contribution is 2.27. The number of nitrogens with one attached hydrogen (secondary N) is 2. The van der Waals surface area contributed by atoms with Gasteiger partial charge in [0.15, 0.2) is 11.0 Å². The van der Waals surface area contributed by atoms with Crippen LogP contribution in [-0.2, 0) is 11.8 Å². The molecule has 1 aromatic heterocycles. The quantitative estimate of drug-likeness (QED) is 0.809. The van der Waals surface area contributed by atoms with E-state index in [1.807, 2.05) is 42.8 Å². The molecule has 3 amide bonds. The van der Waals surface area contributed by atoms with Crippen molar-refractivity contribution < 1.29 is 9.59 Å². The largest absolute Gasteiger partial charge is 0.338 e. The van der Waals surface area contributed by atoms with Crippen molar-refractivity contribution in [3.8, 4) is 11.4 Å². The van der Waals surface area contributed by atoms with Gasteiger partial charge in [0.05, 0.1) is 5.25 Å². The van der Waals surface area contributed by atoms with Crippen LogP contribution in [0.15, 0.2) is 29.4 Å². The van der Waals surface area contributed by atoms with Gasteiger partial charge in [-0.3, -0.25) is 10.1 Å². The predicted molar refractivity (Wildman–Crippen MR) is 93.7 cm³/mol. The van der Waals surface area contributed by atoms with Crippen molar-refractivity contribution in [3.05, 3.63) is 29.8 Å². The Kier molecular flexibility index (Phi) is 5.97. The van der Waals surface area contributed by atoms with Gasteiger partial charge in [-0.25, -0.2) is 4.79 Å². The molecule has 0 aliphatic heterocycles. The summed E-state index contributed by atoms with van der Waals surface area (Å²) in [5.41, 5.74) is 2.10. The molecule has 0 aliphatic carbocycles. The Hall–Kier alpha value is -2.35. The Bertz CT molecular complexity index is 744. The lowest BCUT2D eigenvalue weighted by atomic mass is 10.1. The number of hydrogen-bond acceptors (Lipinski definition) is 5. The van der Waals surface area contributed by atoms with Crippen LogP contribution in [0, 0.1) is 6.92 Å². The van der Waals surface area contributed by atoms with Gasteiger partial charge in [0, 0.05) is 19.2 Å². The number of aromatic nitrogens is 3. The number of nitrogens with zero attached hydrogens (tertiary/aromatic N) is 3. The van der Waals surface area contributed by atoms with Crippen molar-refractivity contribution in [1.82, 2.24) is 25.4 Å². The molecule has 1 aromatic carbocycles. The standard InChI is InChI=1S/C16H21N5O2S/c1-5-17-15(23)18-14(22)11(3)24-16-20-19-13(21(16)4)12-9-7-6-8-10(12)2/h6-9,11H,5H2,1-4H3,(H2,17,18,22,23)/t11-/m1/s1. The second-order valence-electron chi connectivity index (χ2n) is 5.29. The van der Waals surface area contributed by atoms with Gasteiger partial charge >= 0.3 is 6.03 Å². The molecule has 24 heavy (non-hydrogen) atoms. The van der Waals surface area contributed by atoms with Crippen LogP contribution in [0.3, 0.4) is 0 Å². The van der Waals surface area contributed by atoms with E-state index in [4.69, 9.17) is 0 Å². The van der Waals surface area contributed by atoms with Crippen LogP contribution in [0.2, 0.25) is 0 Å². The van der Waals surface area contributed by atoms with Gasteiger partial charge in [0.1, 0.15) is 0 Å². The van der Waals surface area contributed by atoms with Gasteiger partial charge in [0.2, 0.25) is 5.91 Å². The molecule has 0 spiro atoms. The third kappa shape index (κ3) is 4.14. The van der Waals surface area contributed by atoms with Gasteiger partial charge in [0.25, 0.3) is 0 Å². The summed E-state index contributed by atoms with van der Waals surface area (Å²) in [6, 6.07) is 7.43. The molecule has 0 fully saturated rings. The van der Waals surface area contributed by atoms with Crippen LogP contribution in [0.4, 0.5) is 4.79 Å². The Balaban J connectivity index is 2.10. The maximum absolute atomic E-state index is 12.0. The summed E-state index contributed by atoms with van der Waals surface area (Å²) in [6.45, 7) is 5.99. The average Bonchev–Trinajstić information content (AvgIpc) is 2.89. The van der Waals surface area contributed by atoms with Crippen LogP contribution in [0.1, 0.15) is 19.4 Å². The minimum Gasteiger partial charge on any atom is -0.338 e. The van der Waals surface area contributed by atoms with E-state index in [-0.39, 0.29) is 5.91 Å². The molecule has 0 bridgehead atoms. The maximum Gasteiger partial charge on any atom is 0.321 e. The van der Waals surface area contributed by atoms with Crippen molar-refractivity contribution in [2.45, 2.75) is 31.2 Å². The first kappa shape index (κ1) is 18.0. The molecular formula is C16H21N5O2S. The zero-order valence-electron chi connectivity index (χ0n) is 14.2. The topological polar surface area (TPSA) is 88.9 Å². The fourth-order valence-electron chi connectivity index (χ4n) is 2.11. The van der Waals surface area contributed by atoms with Crippen molar-refractivity contribution in [3.63, 3.8) is 0 Å². The minimum atomic E-state index is -0.492. The number of carbonyl (C=O) groups excluding carboxylic acids is 2. The van der Waals surface area contributed by atoms with Gasteiger partial charge in [-0.1, -0.05) is 36.0 Å². The number of amides is 3. The zero-order valence-corrected chi connectivity index (χ0v) is 15.0. The van der Waals surface area contributed by atoms with Crippen LogP contribution >= 0.6 is 11.8 Å². The Labute approximate surface area is 145 Å². The first-order chi connectivity index (χ1) is 11.4. The summed E-state index contributed by atoms with van der Waals surface area (Å²) < 4.78 is 1.85. The molecule has 8 heteroatoms. The monoisotopic (exact) mass is 347 g/mol. The Morgan fingerprint density at radius 2 is 2.00 bits per heavy atom. The SMILES string of the molecule is CCNC(=O)NC(=O)[C@@H](C)Sc1nnc(-c2ccccc2C)n1C. The highest BCUT2D eigenvalue weighted by Gasteiger charge is 2.21. The first-order valence-corrected chi connectivity index (χ1v) is 8.52. The number of thioether (sulfide) groups is 1. The molecule has 7 nitrogen and oxygen atoms in total. The lowest BCUT2D eigenvalue weighted by molar-refractivity contribution is -0.119. The highest BCUT2D eigenvalue weighted by atomic mass is 32.2. The van der Waals surface area contributed by atoms with Crippen molar-refractivity contribution >= 4 is 23.7 Å². The molecule has 2 aromatic rings. The van der Waals surface area contributed by atoms with Crippen LogP contribution < -0.4 is 10.6 Å². The number of urea groups is 1. The van der Waals surface area contributed by atoms with Crippen molar-refractivity contribution in [2.75, 3.05) is 6.54 Å². The van der Waals surface area contributed by atoms with Crippen LogP contribution in [0.5, 0.6) is 0 Å². The van der Waals surface area contributed by atoms with Gasteiger partial charge < -0.3 is 9.88 Å². The summed E-state index contributed by atoms with van der Waals surface area (Å²) in [6.07, 6.45) is 0. The van der Waals surface area contributed by atoms with E-state index in [9.17, 15) is 9.59 Å². The number of benzene rings is 1. The molecule has 0 radical (unpaired) electrons. The van der Waals surface area contributed by atoms with E-state index in [2.05, 4.69) is 20.8 Å². The molecule has 2 N–H and O–H groups in total. The second kappa shape index (κ2) is 7.96. The third-order valence-electron chi connectivity index (χ3n) is 3.45. The summed E-state index contributed by atoms with van der Waals surface area (Å²) in [5.74, 6) is 0.373. The summed E-state index contributed by atoms with van der Waals surface area (Å²) in [4.78, 5) is 23.4. The fraction of sp³-hybridized carbons (Fsp3) is 0.375. The first-order valence-electron chi connectivity index (χ1n) is 7.64. The maximum atomic E-state index is 12.0. The molecule has 0 saturated carbocycles. The summed E-state index contributed by atoms with van der Waals surface area (Å²) >= 11 is 1.26. The molecule has 0 unspecified atom stereocenters. The van der Waals surface area contributed by atoms with Gasteiger partial charge in [-0.2, -0.15) is 0 Å². The molecular weight excluding hydrogens is 326 g/mol. The number of hydrogen-bond donors (Lipinski definition) is 2. The zero-order chi connectivity index (χ0) is 17.7. The minimum absolute atomic E-state index is 0.369.